The van der Waals surface area contributed by atoms with E-state index < -0.39 is 18.2 Å². The summed E-state index contributed by atoms with van der Waals surface area (Å²) >= 11 is 0. The fourth-order valence-corrected chi connectivity index (χ4v) is 4.26. The predicted octanol–water partition coefficient (Wildman–Crippen LogP) is 4.87. The summed E-state index contributed by atoms with van der Waals surface area (Å²) < 4.78 is 26.8. The van der Waals surface area contributed by atoms with E-state index in [0.29, 0.717) is 11.5 Å². The predicted molar refractivity (Wildman–Crippen MR) is 134 cm³/mol. The number of carbonyl (C=O) groups excluding carboxylic acids is 2. The van der Waals surface area contributed by atoms with Gasteiger partial charge in [0.05, 0.1) is 37.1 Å². The van der Waals surface area contributed by atoms with Gasteiger partial charge in [-0.1, -0.05) is 19.6 Å². The summed E-state index contributed by atoms with van der Waals surface area (Å²) in [6, 6.07) is 17.9. The number of methoxy groups -OCH3 is 1. The number of benzene rings is 3. The number of halogens is 1. The van der Waals surface area contributed by atoms with Gasteiger partial charge in [-0.3, -0.25) is 9.69 Å². The van der Waals surface area contributed by atoms with Gasteiger partial charge in [-0.05, 0) is 67.1 Å². The Morgan fingerprint density at radius 3 is 2.50 bits per heavy atom. The van der Waals surface area contributed by atoms with Gasteiger partial charge in [0.25, 0.3) is 0 Å². The summed E-state index contributed by atoms with van der Waals surface area (Å²) in [5.41, 5.74) is 2.31. The standard InChI is InChI=1S/C26H23FN4O4.CH4/c1-16(30-24(32)15-28-26(30)33)25(17-4-3-5-21(12-17)34-2)35-22-10-11-23-18(13-22)14-29-31(23)20-8-6-19(27)7-9-20;/h3-14,16,25H,15H2,1-2H3,(H,28,33);1H4/t16-,25-;/m0./s1. The molecule has 3 aromatic carbocycles. The molecule has 186 valence electrons. The molecule has 1 N–H and O–H groups in total. The number of fused-ring (bicyclic) bond motifs is 1. The van der Waals surface area contributed by atoms with E-state index in [4.69, 9.17) is 9.47 Å². The molecule has 1 aliphatic heterocycles. The van der Waals surface area contributed by atoms with Crippen LogP contribution < -0.4 is 14.8 Å². The first-order valence-corrected chi connectivity index (χ1v) is 11.1. The number of hydrogen-bond donors (Lipinski definition) is 1. The van der Waals surface area contributed by atoms with Gasteiger partial charge in [-0.15, -0.1) is 0 Å². The lowest BCUT2D eigenvalue weighted by atomic mass is 10.0. The lowest BCUT2D eigenvalue weighted by Crippen LogP contribution is -2.43. The van der Waals surface area contributed by atoms with Crippen molar-refractivity contribution in [2.75, 3.05) is 13.7 Å². The van der Waals surface area contributed by atoms with Crippen molar-refractivity contribution in [3.63, 3.8) is 0 Å². The molecule has 4 aromatic rings. The molecule has 8 nitrogen and oxygen atoms in total. The molecule has 0 spiro atoms. The smallest absolute Gasteiger partial charge is 0.324 e. The SMILES string of the molecule is C.COc1cccc([C@@H](Oc2ccc3c(cnn3-c3ccc(F)cc3)c2)[C@H](C)N2C(=O)CNC2=O)c1. The molecule has 1 saturated heterocycles. The van der Waals surface area contributed by atoms with Gasteiger partial charge in [-0.25, -0.2) is 13.9 Å². The number of urea groups is 1. The van der Waals surface area contributed by atoms with Gasteiger partial charge in [0.2, 0.25) is 5.91 Å². The number of nitrogens with one attached hydrogen (secondary N) is 1. The third-order valence-electron chi connectivity index (χ3n) is 6.02. The van der Waals surface area contributed by atoms with Crippen LogP contribution in [0.1, 0.15) is 26.0 Å². The molecule has 0 bridgehead atoms. The highest BCUT2D eigenvalue weighted by Gasteiger charge is 2.38. The van der Waals surface area contributed by atoms with Crippen LogP contribution in [0.25, 0.3) is 16.6 Å². The van der Waals surface area contributed by atoms with Crippen LogP contribution in [0, 0.1) is 5.82 Å². The van der Waals surface area contributed by atoms with Crippen molar-refractivity contribution in [2.45, 2.75) is 26.5 Å². The maximum absolute atomic E-state index is 13.3. The van der Waals surface area contributed by atoms with Crippen molar-refractivity contribution in [2.24, 2.45) is 0 Å². The fourth-order valence-electron chi connectivity index (χ4n) is 4.26. The third-order valence-corrected chi connectivity index (χ3v) is 6.02. The normalized spacial score (nSPS) is 14.8. The van der Waals surface area contributed by atoms with Crippen LogP contribution in [0.4, 0.5) is 9.18 Å². The lowest BCUT2D eigenvalue weighted by Gasteiger charge is -2.30. The maximum atomic E-state index is 13.3. The average Bonchev–Trinajstić information content (AvgIpc) is 3.44. The van der Waals surface area contributed by atoms with E-state index in [1.165, 1.54) is 17.0 Å². The van der Waals surface area contributed by atoms with Crippen molar-refractivity contribution in [3.05, 3.63) is 84.3 Å². The number of nitrogens with zero attached hydrogens (tertiary/aromatic N) is 3. The molecule has 3 amide bonds. The number of hydrogen-bond acceptors (Lipinski definition) is 5. The Labute approximate surface area is 208 Å². The quantitative estimate of drug-likeness (QED) is 0.374. The number of aromatic nitrogens is 2. The highest BCUT2D eigenvalue weighted by atomic mass is 19.1. The Kier molecular flexibility index (Phi) is 6.91. The number of carbonyl (C=O) groups is 2. The fraction of sp³-hybridized carbons (Fsp3) is 0.222. The van der Waals surface area contributed by atoms with Gasteiger partial charge in [-0.2, -0.15) is 5.10 Å². The first-order valence-electron chi connectivity index (χ1n) is 11.1. The highest BCUT2D eigenvalue weighted by molar-refractivity contribution is 6.02. The number of amides is 3. The molecular formula is C27H27FN4O4. The molecule has 5 rings (SSSR count). The molecule has 0 unspecified atom stereocenters. The molecular weight excluding hydrogens is 463 g/mol. The van der Waals surface area contributed by atoms with E-state index >= 15 is 0 Å². The van der Waals surface area contributed by atoms with E-state index in [9.17, 15) is 14.0 Å². The molecule has 1 aliphatic rings. The van der Waals surface area contributed by atoms with Gasteiger partial charge < -0.3 is 14.8 Å². The Balaban J connectivity index is 0.00000304. The van der Waals surface area contributed by atoms with Crippen LogP contribution in [0.15, 0.2) is 72.9 Å². The second-order valence-electron chi connectivity index (χ2n) is 8.23. The topological polar surface area (TPSA) is 85.7 Å². The van der Waals surface area contributed by atoms with Crippen molar-refractivity contribution in [1.29, 1.82) is 0 Å². The third kappa shape index (κ3) is 4.59. The summed E-state index contributed by atoms with van der Waals surface area (Å²) in [5.74, 6) is 0.554. The zero-order valence-corrected chi connectivity index (χ0v) is 19.1. The van der Waals surface area contributed by atoms with E-state index in [-0.39, 0.29) is 25.7 Å². The summed E-state index contributed by atoms with van der Waals surface area (Å²) in [6.07, 6.45) is 1.05. The van der Waals surface area contributed by atoms with Crippen LogP contribution in [0.2, 0.25) is 0 Å². The van der Waals surface area contributed by atoms with E-state index in [1.807, 2.05) is 36.4 Å². The monoisotopic (exact) mass is 490 g/mol. The minimum absolute atomic E-state index is 0. The molecule has 2 heterocycles. The molecule has 9 heteroatoms. The minimum Gasteiger partial charge on any atom is -0.497 e. The summed E-state index contributed by atoms with van der Waals surface area (Å²) in [5, 5.41) is 7.81. The van der Waals surface area contributed by atoms with Crippen molar-refractivity contribution < 1.29 is 23.5 Å². The first-order chi connectivity index (χ1) is 16.9. The lowest BCUT2D eigenvalue weighted by molar-refractivity contribution is -0.127. The number of imide groups is 1. The van der Waals surface area contributed by atoms with Crippen LogP contribution in [0.5, 0.6) is 11.5 Å². The number of rotatable bonds is 7. The summed E-state index contributed by atoms with van der Waals surface area (Å²) in [6.45, 7) is 1.74. The van der Waals surface area contributed by atoms with Gasteiger partial charge in [0, 0.05) is 5.39 Å². The maximum Gasteiger partial charge on any atom is 0.324 e. The molecule has 1 fully saturated rings. The van der Waals surface area contributed by atoms with Gasteiger partial charge in [0.15, 0.2) is 0 Å². The number of ether oxygens (including phenoxy) is 2. The summed E-state index contributed by atoms with van der Waals surface area (Å²) in [7, 11) is 1.57. The van der Waals surface area contributed by atoms with Crippen LogP contribution >= 0.6 is 0 Å². The Morgan fingerprint density at radius 1 is 1.03 bits per heavy atom. The van der Waals surface area contributed by atoms with Crippen molar-refractivity contribution in [1.82, 2.24) is 20.0 Å². The zero-order valence-electron chi connectivity index (χ0n) is 19.1. The van der Waals surface area contributed by atoms with Crippen LogP contribution in [0.3, 0.4) is 0 Å². The first kappa shape index (κ1) is 24.7. The van der Waals surface area contributed by atoms with Crippen LogP contribution in [-0.2, 0) is 4.79 Å². The zero-order chi connectivity index (χ0) is 24.5. The van der Waals surface area contributed by atoms with Crippen LogP contribution in [-0.4, -0.2) is 46.3 Å². The van der Waals surface area contributed by atoms with E-state index in [1.54, 1.807) is 43.1 Å². The summed E-state index contributed by atoms with van der Waals surface area (Å²) in [4.78, 5) is 25.9. The Bertz CT molecular complexity index is 1390. The molecule has 0 aliphatic carbocycles. The highest BCUT2D eigenvalue weighted by Crippen LogP contribution is 2.32. The van der Waals surface area contributed by atoms with Gasteiger partial charge in [0.1, 0.15) is 23.4 Å². The Morgan fingerprint density at radius 2 is 1.81 bits per heavy atom. The second kappa shape index (κ2) is 10.1. The molecule has 0 radical (unpaired) electrons. The van der Waals surface area contributed by atoms with Crippen molar-refractivity contribution in [3.8, 4) is 17.2 Å². The van der Waals surface area contributed by atoms with Crippen molar-refractivity contribution >= 4 is 22.8 Å². The minimum atomic E-state index is -0.650. The molecule has 0 saturated carbocycles. The average molecular weight is 491 g/mol. The van der Waals surface area contributed by atoms with E-state index in [2.05, 4.69) is 10.4 Å². The molecule has 1 aromatic heterocycles. The largest absolute Gasteiger partial charge is 0.497 e. The molecule has 36 heavy (non-hydrogen) atoms. The second-order valence-corrected chi connectivity index (χ2v) is 8.23. The molecule has 2 atom stereocenters. The van der Waals surface area contributed by atoms with E-state index in [0.717, 1.165) is 22.2 Å². The Hall–Kier alpha value is -4.40. The van der Waals surface area contributed by atoms with Gasteiger partial charge >= 0.3 is 6.03 Å².